The van der Waals surface area contributed by atoms with Gasteiger partial charge < -0.3 is 19.9 Å². The van der Waals surface area contributed by atoms with E-state index in [1.807, 2.05) is 43.0 Å². The predicted octanol–water partition coefficient (Wildman–Crippen LogP) is 3.54. The molecule has 1 saturated heterocycles. The Bertz CT molecular complexity index is 768. The Kier molecular flexibility index (Phi) is 6.22. The average Bonchev–Trinajstić information content (AvgIpc) is 2.67. The van der Waals surface area contributed by atoms with Crippen LogP contribution < -0.4 is 15.0 Å². The number of nitrogens with zero attached hydrogens (tertiary/aromatic N) is 2. The molecule has 144 valence electrons. The Balaban J connectivity index is 1.52. The maximum absolute atomic E-state index is 12.6. The predicted molar refractivity (Wildman–Crippen MR) is 111 cm³/mol. The number of amides is 1. The van der Waals surface area contributed by atoms with Crippen LogP contribution in [0.3, 0.4) is 0 Å². The highest BCUT2D eigenvalue weighted by Crippen LogP contribution is 2.24. The van der Waals surface area contributed by atoms with Crippen molar-refractivity contribution in [2.24, 2.45) is 0 Å². The van der Waals surface area contributed by atoms with Gasteiger partial charge in [-0.1, -0.05) is 24.3 Å². The molecule has 0 unspecified atom stereocenters. The van der Waals surface area contributed by atoms with Gasteiger partial charge in [0.2, 0.25) is 5.91 Å². The summed E-state index contributed by atoms with van der Waals surface area (Å²) in [5.74, 6) is 0.905. The second-order valence-corrected chi connectivity index (χ2v) is 7.22. The molecule has 0 radical (unpaired) electrons. The van der Waals surface area contributed by atoms with Gasteiger partial charge in [0.05, 0.1) is 18.3 Å². The van der Waals surface area contributed by atoms with Crippen molar-refractivity contribution >= 4 is 17.3 Å². The van der Waals surface area contributed by atoms with E-state index in [-0.39, 0.29) is 18.6 Å². The lowest BCUT2D eigenvalue weighted by atomic mass is 10.2. The van der Waals surface area contributed by atoms with Crippen molar-refractivity contribution in [2.75, 3.05) is 42.9 Å². The maximum Gasteiger partial charge on any atom is 0.241 e. The first-order chi connectivity index (χ1) is 13.0. The molecule has 27 heavy (non-hydrogen) atoms. The first kappa shape index (κ1) is 19.1. The summed E-state index contributed by atoms with van der Waals surface area (Å²) in [6, 6.07) is 16.3. The molecule has 0 atom stereocenters. The number of nitrogens with one attached hydrogen (secondary N) is 1. The zero-order valence-electron chi connectivity index (χ0n) is 16.4. The summed E-state index contributed by atoms with van der Waals surface area (Å²) in [7, 11) is 0. The number of carbonyl (C=O) groups is 1. The molecule has 1 N–H and O–H groups in total. The minimum Gasteiger partial charge on any atom is -0.489 e. The quantitative estimate of drug-likeness (QED) is 0.848. The Labute approximate surface area is 161 Å². The molecule has 1 heterocycles. The number of para-hydroxylation sites is 2. The molecule has 0 saturated carbocycles. The number of hydrogen-bond donors (Lipinski definition) is 1. The fourth-order valence-corrected chi connectivity index (χ4v) is 3.29. The van der Waals surface area contributed by atoms with Crippen LogP contribution in [0.2, 0.25) is 0 Å². The molecular weight excluding hydrogens is 338 g/mol. The highest BCUT2D eigenvalue weighted by atomic mass is 16.5. The van der Waals surface area contributed by atoms with E-state index < -0.39 is 0 Å². The molecule has 5 nitrogen and oxygen atoms in total. The number of anilines is 2. The smallest absolute Gasteiger partial charge is 0.241 e. The number of hydrogen-bond acceptors (Lipinski definition) is 4. The number of carbonyl (C=O) groups excluding carboxylic acids is 1. The second kappa shape index (κ2) is 8.80. The van der Waals surface area contributed by atoms with Gasteiger partial charge >= 0.3 is 0 Å². The topological polar surface area (TPSA) is 44.8 Å². The summed E-state index contributed by atoms with van der Waals surface area (Å²) in [6.45, 7) is 9.60. The van der Waals surface area contributed by atoms with Crippen LogP contribution in [0.25, 0.3) is 0 Å². The Morgan fingerprint density at radius 3 is 2.52 bits per heavy atom. The number of piperazine rings is 1. The van der Waals surface area contributed by atoms with Crippen LogP contribution in [-0.2, 0) is 4.79 Å². The molecule has 1 aliphatic heterocycles. The van der Waals surface area contributed by atoms with Gasteiger partial charge in [-0.3, -0.25) is 4.79 Å². The van der Waals surface area contributed by atoms with E-state index in [0.717, 1.165) is 37.6 Å². The summed E-state index contributed by atoms with van der Waals surface area (Å²) < 4.78 is 5.80. The van der Waals surface area contributed by atoms with E-state index in [1.165, 1.54) is 11.3 Å². The molecule has 0 bridgehead atoms. The van der Waals surface area contributed by atoms with Crippen molar-refractivity contribution in [2.45, 2.75) is 26.9 Å². The standard InChI is InChI=1S/C22H29N3O2/c1-17(2)27-21-10-5-4-9-20(21)23-16-22(26)25-13-11-24(12-14-25)19-8-6-7-18(3)15-19/h4-10,15,17,23H,11-14,16H2,1-3H3. The largest absolute Gasteiger partial charge is 0.489 e. The van der Waals surface area contributed by atoms with Crippen molar-refractivity contribution in [1.82, 2.24) is 4.90 Å². The lowest BCUT2D eigenvalue weighted by Crippen LogP contribution is -2.50. The molecule has 0 aromatic heterocycles. The van der Waals surface area contributed by atoms with E-state index in [9.17, 15) is 4.79 Å². The molecular formula is C22H29N3O2. The third kappa shape index (κ3) is 5.16. The highest BCUT2D eigenvalue weighted by molar-refractivity contribution is 5.81. The minimum atomic E-state index is 0.0957. The molecule has 3 rings (SSSR count). The van der Waals surface area contributed by atoms with Crippen LogP contribution in [0.5, 0.6) is 5.75 Å². The molecule has 5 heteroatoms. The maximum atomic E-state index is 12.6. The van der Waals surface area contributed by atoms with Crippen LogP contribution in [0.15, 0.2) is 48.5 Å². The first-order valence-electron chi connectivity index (χ1n) is 9.62. The highest BCUT2D eigenvalue weighted by Gasteiger charge is 2.21. The summed E-state index contributed by atoms with van der Waals surface area (Å²) >= 11 is 0. The van der Waals surface area contributed by atoms with Gasteiger partial charge in [-0.25, -0.2) is 0 Å². The van der Waals surface area contributed by atoms with Gasteiger partial charge in [0.1, 0.15) is 5.75 Å². The Morgan fingerprint density at radius 2 is 1.81 bits per heavy atom. The third-order valence-corrected chi connectivity index (χ3v) is 4.68. The monoisotopic (exact) mass is 367 g/mol. The summed E-state index contributed by atoms with van der Waals surface area (Å²) in [5.41, 5.74) is 3.36. The van der Waals surface area contributed by atoms with Crippen LogP contribution >= 0.6 is 0 Å². The molecule has 0 spiro atoms. The van der Waals surface area contributed by atoms with Crippen molar-refractivity contribution in [3.05, 3.63) is 54.1 Å². The van der Waals surface area contributed by atoms with E-state index >= 15 is 0 Å². The first-order valence-corrected chi connectivity index (χ1v) is 9.62. The number of ether oxygens (including phenoxy) is 1. The van der Waals surface area contributed by atoms with E-state index in [2.05, 4.69) is 41.4 Å². The fourth-order valence-electron chi connectivity index (χ4n) is 3.29. The van der Waals surface area contributed by atoms with Crippen molar-refractivity contribution in [3.63, 3.8) is 0 Å². The molecule has 1 aliphatic rings. The zero-order chi connectivity index (χ0) is 19.2. The lowest BCUT2D eigenvalue weighted by molar-refractivity contribution is -0.129. The fraction of sp³-hybridized carbons (Fsp3) is 0.409. The molecule has 2 aromatic carbocycles. The SMILES string of the molecule is Cc1cccc(N2CCN(C(=O)CNc3ccccc3OC(C)C)CC2)c1. The van der Waals surface area contributed by atoms with E-state index in [1.54, 1.807) is 0 Å². The van der Waals surface area contributed by atoms with Gasteiger partial charge in [-0.15, -0.1) is 0 Å². The molecule has 2 aromatic rings. The van der Waals surface area contributed by atoms with Crippen LogP contribution in [0.1, 0.15) is 19.4 Å². The van der Waals surface area contributed by atoms with Crippen molar-refractivity contribution in [1.29, 1.82) is 0 Å². The van der Waals surface area contributed by atoms with Gasteiger partial charge in [-0.05, 0) is 50.6 Å². The number of rotatable bonds is 6. The molecule has 1 amide bonds. The van der Waals surface area contributed by atoms with Gasteiger partial charge in [-0.2, -0.15) is 0 Å². The van der Waals surface area contributed by atoms with Crippen LogP contribution in [0.4, 0.5) is 11.4 Å². The van der Waals surface area contributed by atoms with E-state index in [0.29, 0.717) is 0 Å². The second-order valence-electron chi connectivity index (χ2n) is 7.22. The summed E-state index contributed by atoms with van der Waals surface area (Å²) in [4.78, 5) is 16.9. The third-order valence-electron chi connectivity index (χ3n) is 4.68. The Morgan fingerprint density at radius 1 is 1.07 bits per heavy atom. The van der Waals surface area contributed by atoms with Crippen molar-refractivity contribution < 1.29 is 9.53 Å². The van der Waals surface area contributed by atoms with Gasteiger partial charge in [0, 0.05) is 31.9 Å². The minimum absolute atomic E-state index is 0.0957. The summed E-state index contributed by atoms with van der Waals surface area (Å²) in [6.07, 6.45) is 0.0957. The van der Waals surface area contributed by atoms with Crippen LogP contribution in [-0.4, -0.2) is 49.6 Å². The Hall–Kier alpha value is -2.69. The summed E-state index contributed by atoms with van der Waals surface area (Å²) in [5, 5.41) is 3.24. The molecule has 0 aliphatic carbocycles. The van der Waals surface area contributed by atoms with E-state index in [4.69, 9.17) is 4.74 Å². The average molecular weight is 367 g/mol. The van der Waals surface area contributed by atoms with Gasteiger partial charge in [0.25, 0.3) is 0 Å². The lowest BCUT2D eigenvalue weighted by Gasteiger charge is -2.36. The van der Waals surface area contributed by atoms with Crippen LogP contribution in [0, 0.1) is 6.92 Å². The number of aryl methyl sites for hydroxylation is 1. The zero-order valence-corrected chi connectivity index (χ0v) is 16.4. The number of benzene rings is 2. The van der Waals surface area contributed by atoms with Gasteiger partial charge in [0.15, 0.2) is 0 Å². The normalized spacial score (nSPS) is 14.4. The van der Waals surface area contributed by atoms with Crippen molar-refractivity contribution in [3.8, 4) is 5.75 Å². The molecule has 1 fully saturated rings.